The number of hydrogen-bond donors (Lipinski definition) is 2. The van der Waals surface area contributed by atoms with Gasteiger partial charge in [-0.2, -0.15) is 5.26 Å². The first-order valence-electron chi connectivity index (χ1n) is 12.7. The molecule has 1 aromatic heterocycles. The summed E-state index contributed by atoms with van der Waals surface area (Å²) >= 11 is 8.00. The van der Waals surface area contributed by atoms with E-state index in [9.17, 15) is 14.9 Å². The maximum Gasteiger partial charge on any atom is 0.305 e. The third-order valence-corrected chi connectivity index (χ3v) is 8.09. The lowest BCUT2D eigenvalue weighted by Gasteiger charge is -2.29. The van der Waals surface area contributed by atoms with Gasteiger partial charge in [0.05, 0.1) is 23.8 Å². The van der Waals surface area contributed by atoms with Crippen LogP contribution in [0.25, 0.3) is 10.1 Å². The SMILES string of the molecule is CCCC(c1ccc(C(=O)NCCC(=O)O)cc1)C(c1ccc(OC)cc1)c1csc2c(C#N)cc(Cl)cc12. The molecule has 6 nitrogen and oxygen atoms in total. The monoisotopic (exact) mass is 560 g/mol. The number of hydrogen-bond acceptors (Lipinski definition) is 5. The molecule has 0 saturated heterocycles. The minimum Gasteiger partial charge on any atom is -0.497 e. The average Bonchev–Trinajstić information content (AvgIpc) is 3.35. The molecule has 2 N–H and O–H groups in total. The number of methoxy groups -OCH3 is 1. The Morgan fingerprint density at radius 3 is 2.41 bits per heavy atom. The lowest BCUT2D eigenvalue weighted by atomic mass is 9.75. The molecule has 0 bridgehead atoms. The van der Waals surface area contributed by atoms with Crippen LogP contribution in [0.15, 0.2) is 66.0 Å². The molecule has 0 spiro atoms. The third kappa shape index (κ3) is 6.42. The molecular weight excluding hydrogens is 532 g/mol. The van der Waals surface area contributed by atoms with E-state index in [-0.39, 0.29) is 30.7 Å². The van der Waals surface area contributed by atoms with Crippen LogP contribution < -0.4 is 10.1 Å². The minimum absolute atomic E-state index is 0.0372. The Bertz CT molecular complexity index is 1510. The number of benzene rings is 3. The molecule has 0 aliphatic carbocycles. The number of nitrogens with zero attached hydrogens (tertiary/aromatic N) is 1. The van der Waals surface area contributed by atoms with Crippen molar-refractivity contribution in [3.05, 3.63) is 98.9 Å². The van der Waals surface area contributed by atoms with Gasteiger partial charge in [0.1, 0.15) is 11.8 Å². The summed E-state index contributed by atoms with van der Waals surface area (Å²) in [6, 6.07) is 21.5. The average molecular weight is 561 g/mol. The summed E-state index contributed by atoms with van der Waals surface area (Å²) in [7, 11) is 1.64. The van der Waals surface area contributed by atoms with Gasteiger partial charge in [-0.1, -0.05) is 49.2 Å². The van der Waals surface area contributed by atoms with Gasteiger partial charge in [-0.25, -0.2) is 0 Å². The second kappa shape index (κ2) is 12.8. The van der Waals surface area contributed by atoms with E-state index in [1.807, 2.05) is 30.3 Å². The molecule has 2 unspecified atom stereocenters. The predicted octanol–water partition coefficient (Wildman–Crippen LogP) is 7.36. The van der Waals surface area contributed by atoms with Gasteiger partial charge in [0.2, 0.25) is 0 Å². The smallest absolute Gasteiger partial charge is 0.305 e. The normalized spacial score (nSPS) is 12.5. The van der Waals surface area contributed by atoms with E-state index in [1.165, 1.54) is 0 Å². The highest BCUT2D eigenvalue weighted by molar-refractivity contribution is 7.17. The number of amides is 1. The van der Waals surface area contributed by atoms with E-state index >= 15 is 0 Å². The first-order chi connectivity index (χ1) is 18.9. The molecule has 8 heteroatoms. The van der Waals surface area contributed by atoms with Crippen molar-refractivity contribution in [3.8, 4) is 11.8 Å². The van der Waals surface area contributed by atoms with Crippen LogP contribution in [0.1, 0.15) is 70.6 Å². The quantitative estimate of drug-likeness (QED) is 0.200. The first kappa shape index (κ1) is 28.2. The molecule has 0 fully saturated rings. The van der Waals surface area contributed by atoms with E-state index in [1.54, 1.807) is 36.6 Å². The molecule has 0 radical (unpaired) electrons. The Morgan fingerprint density at radius 2 is 1.79 bits per heavy atom. The minimum atomic E-state index is -0.957. The van der Waals surface area contributed by atoms with Crippen molar-refractivity contribution in [1.82, 2.24) is 5.32 Å². The lowest BCUT2D eigenvalue weighted by Crippen LogP contribution is -2.26. The van der Waals surface area contributed by atoms with Crippen LogP contribution in [-0.4, -0.2) is 30.6 Å². The van der Waals surface area contributed by atoms with Gasteiger partial charge >= 0.3 is 5.97 Å². The van der Waals surface area contributed by atoms with Crippen molar-refractivity contribution in [2.45, 2.75) is 38.0 Å². The van der Waals surface area contributed by atoms with Crippen LogP contribution in [0.4, 0.5) is 0 Å². The van der Waals surface area contributed by atoms with Gasteiger partial charge < -0.3 is 15.2 Å². The van der Waals surface area contributed by atoms with E-state index in [4.69, 9.17) is 21.4 Å². The summed E-state index contributed by atoms with van der Waals surface area (Å²) in [4.78, 5) is 23.3. The Morgan fingerprint density at radius 1 is 1.10 bits per heavy atom. The number of rotatable bonds is 11. The maximum absolute atomic E-state index is 12.5. The molecular formula is C31H29ClN2O4S. The second-order valence-electron chi connectivity index (χ2n) is 9.30. The van der Waals surface area contributed by atoms with E-state index in [2.05, 4.69) is 35.8 Å². The van der Waals surface area contributed by atoms with Crippen LogP contribution in [-0.2, 0) is 4.79 Å². The molecule has 4 aromatic rings. The molecule has 2 atom stereocenters. The van der Waals surface area contributed by atoms with Crippen LogP contribution in [0.3, 0.4) is 0 Å². The Labute approximate surface area is 236 Å². The number of fused-ring (bicyclic) bond motifs is 1. The number of carboxylic acid groups (broad SMARTS) is 1. The van der Waals surface area contributed by atoms with Crippen molar-refractivity contribution >= 4 is 44.9 Å². The summed E-state index contributed by atoms with van der Waals surface area (Å²) in [5, 5.41) is 24.8. The molecule has 0 aliphatic heterocycles. The number of ether oxygens (including phenoxy) is 1. The van der Waals surface area contributed by atoms with E-state index in [0.29, 0.717) is 16.1 Å². The van der Waals surface area contributed by atoms with Crippen LogP contribution in [0.5, 0.6) is 5.75 Å². The summed E-state index contributed by atoms with van der Waals surface area (Å²) in [6.07, 6.45) is 1.71. The van der Waals surface area contributed by atoms with Gasteiger partial charge in [0, 0.05) is 23.0 Å². The summed E-state index contributed by atoms with van der Waals surface area (Å²) in [5.41, 5.74) is 4.34. The third-order valence-electron chi connectivity index (χ3n) is 6.83. The van der Waals surface area contributed by atoms with Crippen molar-refractivity contribution in [2.75, 3.05) is 13.7 Å². The Kier molecular flexibility index (Phi) is 9.23. The molecule has 39 heavy (non-hydrogen) atoms. The zero-order valence-corrected chi connectivity index (χ0v) is 23.3. The molecule has 3 aromatic carbocycles. The zero-order valence-electron chi connectivity index (χ0n) is 21.7. The van der Waals surface area contributed by atoms with Gasteiger partial charge in [0.15, 0.2) is 0 Å². The molecule has 1 amide bonds. The van der Waals surface area contributed by atoms with Gasteiger partial charge in [-0.05, 0) is 76.2 Å². The number of thiophene rings is 1. The number of nitrogens with one attached hydrogen (secondary N) is 1. The highest BCUT2D eigenvalue weighted by Crippen LogP contribution is 2.46. The first-order valence-corrected chi connectivity index (χ1v) is 14.0. The molecule has 4 rings (SSSR count). The molecule has 0 saturated carbocycles. The number of aliphatic carboxylic acids is 1. The fourth-order valence-electron chi connectivity index (χ4n) is 4.99. The van der Waals surface area contributed by atoms with Crippen molar-refractivity contribution in [2.24, 2.45) is 0 Å². The number of halogens is 1. The standard InChI is InChI=1S/C31H29ClN2O4S/c1-3-4-25(19-5-7-21(8-6-19)31(37)34-14-13-28(35)36)29(20-9-11-24(38-2)12-10-20)27-18-39-30-22(17-33)15-23(32)16-26(27)30/h5-12,15-16,18,25,29H,3-4,13-14H2,1-2H3,(H,34,37)(H,35,36). The summed E-state index contributed by atoms with van der Waals surface area (Å²) < 4.78 is 6.32. The van der Waals surface area contributed by atoms with Crippen LogP contribution >= 0.6 is 22.9 Å². The molecule has 0 aliphatic rings. The van der Waals surface area contributed by atoms with Gasteiger partial charge in [0.25, 0.3) is 5.91 Å². The number of nitriles is 1. The number of carbonyl (C=O) groups is 2. The maximum atomic E-state index is 12.5. The van der Waals surface area contributed by atoms with E-state index in [0.717, 1.165) is 45.4 Å². The van der Waals surface area contributed by atoms with Gasteiger partial charge in [-0.3, -0.25) is 9.59 Å². The van der Waals surface area contributed by atoms with Crippen LogP contribution in [0, 0.1) is 11.3 Å². The molecule has 1 heterocycles. The highest BCUT2D eigenvalue weighted by atomic mass is 35.5. The van der Waals surface area contributed by atoms with Crippen molar-refractivity contribution < 1.29 is 19.4 Å². The summed E-state index contributed by atoms with van der Waals surface area (Å²) in [5.74, 6) is -0.446. The second-order valence-corrected chi connectivity index (χ2v) is 10.6. The largest absolute Gasteiger partial charge is 0.497 e. The fraction of sp³-hybridized carbons (Fsp3) is 0.258. The fourth-order valence-corrected chi connectivity index (χ4v) is 6.26. The van der Waals surface area contributed by atoms with Crippen molar-refractivity contribution in [3.63, 3.8) is 0 Å². The topological polar surface area (TPSA) is 99.4 Å². The molecule has 200 valence electrons. The Balaban J connectivity index is 1.78. The zero-order chi connectivity index (χ0) is 27.9. The van der Waals surface area contributed by atoms with Crippen molar-refractivity contribution in [1.29, 1.82) is 5.26 Å². The van der Waals surface area contributed by atoms with E-state index < -0.39 is 5.97 Å². The number of carbonyl (C=O) groups excluding carboxylic acids is 1. The number of carboxylic acids is 1. The van der Waals surface area contributed by atoms with Crippen LogP contribution in [0.2, 0.25) is 5.02 Å². The van der Waals surface area contributed by atoms with Gasteiger partial charge in [-0.15, -0.1) is 11.3 Å². The highest BCUT2D eigenvalue weighted by Gasteiger charge is 2.29. The summed E-state index contributed by atoms with van der Waals surface area (Å²) in [6.45, 7) is 2.23. The Hall–Kier alpha value is -3.86. The lowest BCUT2D eigenvalue weighted by molar-refractivity contribution is -0.136. The predicted molar refractivity (Wildman–Crippen MR) is 155 cm³/mol.